The fourth-order valence-corrected chi connectivity index (χ4v) is 5.66. The molecule has 0 saturated heterocycles. The third-order valence-electron chi connectivity index (χ3n) is 7.56. The maximum atomic E-state index is 14.2. The minimum Gasteiger partial charge on any atom is -0.494 e. The Morgan fingerprint density at radius 2 is 1.38 bits per heavy atom. The summed E-state index contributed by atoms with van der Waals surface area (Å²) < 4.78 is 48.1. The molecule has 0 radical (unpaired) electrons. The minimum atomic E-state index is -0.822. The van der Waals surface area contributed by atoms with Gasteiger partial charge in [0.25, 0.3) is 5.91 Å². The number of pyridine rings is 1. The van der Waals surface area contributed by atoms with Gasteiger partial charge in [-0.15, -0.1) is 0 Å². The molecule has 0 aliphatic carbocycles. The number of aromatic nitrogens is 1. The van der Waals surface area contributed by atoms with Crippen molar-refractivity contribution in [3.05, 3.63) is 88.2 Å². The van der Waals surface area contributed by atoms with Crippen LogP contribution in [-0.4, -0.2) is 42.2 Å². The molecule has 47 heavy (non-hydrogen) atoms. The second-order valence-corrected chi connectivity index (χ2v) is 12.1. The van der Waals surface area contributed by atoms with Crippen LogP contribution in [0.4, 0.5) is 14.5 Å². The molecule has 0 spiro atoms. The number of carbonyl (C=O) groups excluding carboxylic acids is 1. The zero-order chi connectivity index (χ0) is 33.8. The highest BCUT2D eigenvalue weighted by Crippen LogP contribution is 2.30. The van der Waals surface area contributed by atoms with E-state index in [-0.39, 0.29) is 23.2 Å². The first kappa shape index (κ1) is 35.9. The molecule has 4 rings (SSSR count). The highest BCUT2D eigenvalue weighted by atomic mass is 79.9. The molecule has 0 saturated carbocycles. The summed E-state index contributed by atoms with van der Waals surface area (Å²) in [4.78, 5) is 29.1. The van der Waals surface area contributed by atoms with Crippen molar-refractivity contribution in [1.82, 2.24) is 4.57 Å². The van der Waals surface area contributed by atoms with Gasteiger partial charge >= 0.3 is 0 Å². The predicted molar refractivity (Wildman–Crippen MR) is 187 cm³/mol. The van der Waals surface area contributed by atoms with Gasteiger partial charge in [0.1, 0.15) is 34.4 Å². The molecule has 0 bridgehead atoms. The summed E-state index contributed by atoms with van der Waals surface area (Å²) in [5, 5.41) is 1.30. The van der Waals surface area contributed by atoms with Crippen molar-refractivity contribution in [2.75, 3.05) is 36.6 Å². The lowest BCUT2D eigenvalue weighted by molar-refractivity contribution is 0.0987. The number of hydrogen-bond acceptors (Lipinski definition) is 5. The molecule has 0 atom stereocenters. The predicted octanol–water partition coefficient (Wildman–Crippen LogP) is 9.24. The lowest BCUT2D eigenvalue weighted by Gasteiger charge is -2.22. The molecular weight excluding hydrogens is 670 g/mol. The van der Waals surface area contributed by atoms with Crippen LogP contribution in [0.3, 0.4) is 0 Å². The van der Waals surface area contributed by atoms with Gasteiger partial charge in [-0.05, 0) is 56.9 Å². The van der Waals surface area contributed by atoms with Gasteiger partial charge in [0.15, 0.2) is 0 Å². The van der Waals surface area contributed by atoms with Crippen molar-refractivity contribution < 1.29 is 27.8 Å². The second-order valence-electron chi connectivity index (χ2n) is 11.3. The quantitative estimate of drug-likeness (QED) is 0.0760. The van der Waals surface area contributed by atoms with Crippen LogP contribution in [0.1, 0.15) is 76.1 Å². The number of alkyl halides is 1. The van der Waals surface area contributed by atoms with Crippen molar-refractivity contribution >= 4 is 38.4 Å². The average Bonchev–Trinajstić information content (AvgIpc) is 3.06. The molecule has 7 nitrogen and oxygen atoms in total. The van der Waals surface area contributed by atoms with E-state index in [1.807, 2.05) is 32.0 Å². The topological polar surface area (TPSA) is 70.0 Å². The number of anilines is 1. The van der Waals surface area contributed by atoms with Crippen molar-refractivity contribution in [2.45, 2.75) is 65.7 Å². The molecule has 252 valence electrons. The van der Waals surface area contributed by atoms with E-state index in [1.54, 1.807) is 29.7 Å². The molecule has 1 amide bonds. The van der Waals surface area contributed by atoms with Gasteiger partial charge < -0.3 is 23.7 Å². The summed E-state index contributed by atoms with van der Waals surface area (Å²) in [5.41, 5.74) is 0.484. The van der Waals surface area contributed by atoms with E-state index < -0.39 is 23.0 Å². The fraction of sp³-hybridized carbons (Fsp3) is 0.405. The SMILES string of the molecule is CCCOc1cc(OCCC)cc(-n2cc(C(=O)N(CC)c3cc(F)cc(F)c3)c(=O)c3ccc(OCCCCCCCBr)cc32)c1. The van der Waals surface area contributed by atoms with Crippen LogP contribution < -0.4 is 24.5 Å². The van der Waals surface area contributed by atoms with E-state index in [9.17, 15) is 18.4 Å². The maximum absolute atomic E-state index is 14.2. The van der Waals surface area contributed by atoms with Gasteiger partial charge in [-0.25, -0.2) is 8.78 Å². The minimum absolute atomic E-state index is 0.0159. The summed E-state index contributed by atoms with van der Waals surface area (Å²) in [6.45, 7) is 7.31. The molecule has 10 heteroatoms. The number of nitrogens with zero attached hydrogens (tertiary/aromatic N) is 2. The zero-order valence-electron chi connectivity index (χ0n) is 27.3. The Kier molecular flexibility index (Phi) is 13.6. The first-order valence-corrected chi connectivity index (χ1v) is 17.5. The normalized spacial score (nSPS) is 11.1. The molecule has 0 fully saturated rings. The monoisotopic (exact) mass is 712 g/mol. The van der Waals surface area contributed by atoms with Crippen molar-refractivity contribution in [1.29, 1.82) is 0 Å². The molecule has 0 aliphatic rings. The Hall–Kier alpha value is -3.92. The lowest BCUT2D eigenvalue weighted by Crippen LogP contribution is -2.35. The average molecular weight is 714 g/mol. The number of halogens is 3. The number of ether oxygens (including phenoxy) is 3. The molecular formula is C37H43BrF2N2O5. The van der Waals surface area contributed by atoms with E-state index in [1.165, 1.54) is 17.5 Å². The van der Waals surface area contributed by atoms with Crippen LogP contribution in [0.5, 0.6) is 17.2 Å². The van der Waals surface area contributed by atoms with Crippen LogP contribution >= 0.6 is 15.9 Å². The largest absolute Gasteiger partial charge is 0.494 e. The van der Waals surface area contributed by atoms with Crippen LogP contribution in [0.25, 0.3) is 16.6 Å². The number of hydrogen-bond donors (Lipinski definition) is 0. The Bertz CT molecular complexity index is 1660. The highest BCUT2D eigenvalue weighted by molar-refractivity contribution is 9.09. The smallest absolute Gasteiger partial charge is 0.263 e. The molecule has 0 N–H and O–H groups in total. The zero-order valence-corrected chi connectivity index (χ0v) is 28.9. The summed E-state index contributed by atoms with van der Waals surface area (Å²) in [7, 11) is 0. The Morgan fingerprint density at radius 3 is 2.00 bits per heavy atom. The second kappa shape index (κ2) is 17.8. The number of rotatable bonds is 18. The number of unbranched alkanes of at least 4 members (excludes halogenated alkanes) is 4. The van der Waals surface area contributed by atoms with E-state index in [4.69, 9.17) is 14.2 Å². The van der Waals surface area contributed by atoms with E-state index in [2.05, 4.69) is 15.9 Å². The first-order chi connectivity index (χ1) is 22.8. The number of benzene rings is 3. The number of carbonyl (C=O) groups is 1. The summed E-state index contributed by atoms with van der Waals surface area (Å²) in [6.07, 6.45) is 8.51. The summed E-state index contributed by atoms with van der Waals surface area (Å²) >= 11 is 3.47. The van der Waals surface area contributed by atoms with Crippen molar-refractivity contribution in [3.8, 4) is 22.9 Å². The van der Waals surface area contributed by atoms with Gasteiger partial charge in [-0.1, -0.05) is 49.0 Å². The van der Waals surface area contributed by atoms with Gasteiger partial charge in [-0.3, -0.25) is 9.59 Å². The van der Waals surface area contributed by atoms with Gasteiger partial charge in [0, 0.05) is 59.5 Å². The van der Waals surface area contributed by atoms with E-state index in [0.717, 1.165) is 62.1 Å². The molecule has 1 aromatic heterocycles. The van der Waals surface area contributed by atoms with Crippen molar-refractivity contribution in [2.24, 2.45) is 0 Å². The highest BCUT2D eigenvalue weighted by Gasteiger charge is 2.24. The van der Waals surface area contributed by atoms with Crippen molar-refractivity contribution in [3.63, 3.8) is 0 Å². The number of amides is 1. The van der Waals surface area contributed by atoms with Crippen LogP contribution in [-0.2, 0) is 0 Å². The third-order valence-corrected chi connectivity index (χ3v) is 8.12. The van der Waals surface area contributed by atoms with Gasteiger partial charge in [0.05, 0.1) is 31.0 Å². The van der Waals surface area contributed by atoms with E-state index >= 15 is 0 Å². The molecule has 3 aromatic carbocycles. The molecule has 4 aromatic rings. The van der Waals surface area contributed by atoms with Crippen LogP contribution in [0.2, 0.25) is 0 Å². The first-order valence-electron chi connectivity index (χ1n) is 16.4. The summed E-state index contributed by atoms with van der Waals surface area (Å²) in [5.74, 6) is -0.578. The van der Waals surface area contributed by atoms with Crippen LogP contribution in [0, 0.1) is 11.6 Å². The standard InChI is InChI=1S/C37H43BrF2N2O5/c1-4-15-45-31-21-29(22-32(23-31)46-16-5-2)42-25-34(37(44)41(6-3)28-19-26(39)18-27(40)20-28)36(43)33-13-12-30(24-35(33)42)47-17-11-9-7-8-10-14-38/h12-13,18-25H,4-11,14-17H2,1-3H3. The Labute approximate surface area is 283 Å². The molecule has 0 aliphatic heterocycles. The van der Waals surface area contributed by atoms with Gasteiger partial charge in [0.2, 0.25) is 5.43 Å². The number of fused-ring (bicyclic) bond motifs is 1. The lowest BCUT2D eigenvalue weighted by atomic mass is 10.1. The van der Waals surface area contributed by atoms with E-state index in [0.29, 0.717) is 48.3 Å². The maximum Gasteiger partial charge on any atom is 0.263 e. The third kappa shape index (κ3) is 9.56. The van der Waals surface area contributed by atoms with Gasteiger partial charge in [-0.2, -0.15) is 0 Å². The van der Waals surface area contributed by atoms with Crippen LogP contribution in [0.15, 0.2) is 65.6 Å². The Balaban J connectivity index is 1.83. The Morgan fingerprint density at radius 1 is 0.766 bits per heavy atom. The summed E-state index contributed by atoms with van der Waals surface area (Å²) in [6, 6.07) is 13.5. The fourth-order valence-electron chi connectivity index (χ4n) is 5.26. The molecule has 0 unspecified atom stereocenters. The molecule has 1 heterocycles.